The van der Waals surface area contributed by atoms with Crippen LogP contribution >= 0.6 is 0 Å². The van der Waals surface area contributed by atoms with E-state index in [0.717, 1.165) is 116 Å². The van der Waals surface area contributed by atoms with E-state index in [2.05, 4.69) is 167 Å². The Morgan fingerprint density at radius 1 is 0.319 bits per heavy atom. The third-order valence-electron chi connectivity index (χ3n) is 11.8. The van der Waals surface area contributed by atoms with Gasteiger partial charge in [-0.2, -0.15) is 0 Å². The molecular weight excluding hydrogens is 885 g/mol. The monoisotopic (exact) mass is 993 g/mol. The lowest BCUT2D eigenvalue weighted by Gasteiger charge is -2.18. The van der Waals surface area contributed by atoms with Gasteiger partial charge in [-0.3, -0.25) is 9.59 Å². The Morgan fingerprint density at radius 2 is 0.639 bits per heavy atom. The number of allylic oxidation sites excluding steroid dienone is 24. The first kappa shape index (κ1) is 67.8. The average molecular weight is 994 g/mol. The Labute approximate surface area is 444 Å². The van der Waals surface area contributed by atoms with Gasteiger partial charge in [-0.1, -0.05) is 237 Å². The third-order valence-corrected chi connectivity index (χ3v) is 11.8. The maximum absolute atomic E-state index is 12.9. The van der Waals surface area contributed by atoms with Gasteiger partial charge in [-0.05, 0) is 135 Å². The number of esters is 2. The van der Waals surface area contributed by atoms with Crippen LogP contribution < -0.4 is 0 Å². The molecule has 5 nitrogen and oxygen atoms in total. The van der Waals surface area contributed by atoms with Crippen LogP contribution in [0.4, 0.5) is 0 Å². The van der Waals surface area contributed by atoms with Crippen molar-refractivity contribution in [2.75, 3.05) is 19.8 Å². The molecule has 0 aromatic rings. The normalized spacial score (nSPS) is 13.3. The summed E-state index contributed by atoms with van der Waals surface area (Å²) in [7, 11) is 0. The van der Waals surface area contributed by atoms with Gasteiger partial charge in [-0.15, -0.1) is 0 Å². The molecule has 0 fully saturated rings. The molecule has 0 aliphatic carbocycles. The number of unbranched alkanes of at least 4 members (excludes halogenated alkanes) is 17. The van der Waals surface area contributed by atoms with Crippen LogP contribution in [0.5, 0.6) is 0 Å². The van der Waals surface area contributed by atoms with E-state index in [-0.39, 0.29) is 25.2 Å². The molecule has 72 heavy (non-hydrogen) atoms. The van der Waals surface area contributed by atoms with E-state index in [1.54, 1.807) is 0 Å². The largest absolute Gasteiger partial charge is 0.462 e. The fraction of sp³-hybridized carbons (Fsp3) is 0.612. The van der Waals surface area contributed by atoms with E-state index >= 15 is 0 Å². The highest BCUT2D eigenvalue weighted by molar-refractivity contribution is 5.70. The maximum Gasteiger partial charge on any atom is 0.306 e. The SMILES string of the molecule is CC/C=C\C/C=C\C/C=C\C/C=C\C/C=C\CCCCCC(=O)OCC(COCCCCCCCCCCCC/C=C\C/C=C\CCCCC)OC(=O)CCC/C=C\C/C=C\C/C=C\C/C=C\C/C=C\CC. The molecule has 0 N–H and O–H groups in total. The van der Waals surface area contributed by atoms with Crippen molar-refractivity contribution in [3.05, 3.63) is 146 Å². The minimum Gasteiger partial charge on any atom is -0.462 e. The predicted octanol–water partition coefficient (Wildman–Crippen LogP) is 20.5. The second-order valence-corrected chi connectivity index (χ2v) is 18.8. The summed E-state index contributed by atoms with van der Waals surface area (Å²) in [5.41, 5.74) is 0. The first-order valence-corrected chi connectivity index (χ1v) is 29.4. The van der Waals surface area contributed by atoms with Crippen LogP contribution in [0.1, 0.15) is 239 Å². The van der Waals surface area contributed by atoms with Gasteiger partial charge in [0.1, 0.15) is 6.61 Å². The minimum atomic E-state index is -0.594. The van der Waals surface area contributed by atoms with E-state index in [1.165, 1.54) is 83.5 Å². The number of hydrogen-bond donors (Lipinski definition) is 0. The van der Waals surface area contributed by atoms with E-state index in [9.17, 15) is 9.59 Å². The molecule has 0 saturated carbocycles. The summed E-state index contributed by atoms with van der Waals surface area (Å²) < 4.78 is 17.4. The first-order valence-electron chi connectivity index (χ1n) is 29.4. The molecule has 0 rings (SSSR count). The Bertz CT molecular complexity index is 1540. The minimum absolute atomic E-state index is 0.0347. The van der Waals surface area contributed by atoms with Crippen molar-refractivity contribution in [2.45, 2.75) is 245 Å². The Morgan fingerprint density at radius 3 is 1.04 bits per heavy atom. The molecule has 0 heterocycles. The second kappa shape index (κ2) is 61.1. The molecule has 0 bridgehead atoms. The van der Waals surface area contributed by atoms with Gasteiger partial charge in [-0.25, -0.2) is 0 Å². The topological polar surface area (TPSA) is 61.8 Å². The van der Waals surface area contributed by atoms with E-state index in [1.807, 2.05) is 0 Å². The van der Waals surface area contributed by atoms with Crippen LogP contribution in [0.15, 0.2) is 146 Å². The van der Waals surface area contributed by atoms with Gasteiger partial charge in [0.15, 0.2) is 6.10 Å². The molecule has 0 aromatic heterocycles. The molecule has 5 heteroatoms. The first-order chi connectivity index (χ1) is 35.6. The zero-order valence-electron chi connectivity index (χ0n) is 46.6. The molecule has 0 radical (unpaired) electrons. The van der Waals surface area contributed by atoms with Crippen LogP contribution in [-0.2, 0) is 23.8 Å². The van der Waals surface area contributed by atoms with Crippen LogP contribution in [0, 0.1) is 0 Å². The molecule has 1 atom stereocenters. The van der Waals surface area contributed by atoms with Crippen molar-refractivity contribution < 1.29 is 23.8 Å². The summed E-state index contributed by atoms with van der Waals surface area (Å²) >= 11 is 0. The smallest absolute Gasteiger partial charge is 0.306 e. The molecule has 0 aliphatic rings. The highest BCUT2D eigenvalue weighted by atomic mass is 16.6. The number of hydrogen-bond acceptors (Lipinski definition) is 5. The average Bonchev–Trinajstić information content (AvgIpc) is 3.38. The molecule has 0 amide bonds. The van der Waals surface area contributed by atoms with Gasteiger partial charge >= 0.3 is 11.9 Å². The summed E-state index contributed by atoms with van der Waals surface area (Å²) in [6.45, 7) is 7.47. The highest BCUT2D eigenvalue weighted by Gasteiger charge is 2.17. The van der Waals surface area contributed by atoms with Gasteiger partial charge in [0.05, 0.1) is 6.61 Å². The summed E-state index contributed by atoms with van der Waals surface area (Å²) in [5, 5.41) is 0. The number of carbonyl (C=O) groups is 2. The Balaban J connectivity index is 4.45. The van der Waals surface area contributed by atoms with Crippen molar-refractivity contribution in [1.82, 2.24) is 0 Å². The van der Waals surface area contributed by atoms with Crippen LogP contribution in [0.2, 0.25) is 0 Å². The standard InChI is InChI=1S/C67H108O5/c1-4-7-10-13-16-19-22-25-28-31-33-35-38-41-44-47-50-53-56-59-62-70-63-65(72-67(69)61-58-55-52-49-46-43-40-36-30-27-24-21-18-15-12-9-6-3)64-71-66(68)60-57-54-51-48-45-42-39-37-34-32-29-26-23-20-17-14-11-8-5-2/h8-9,11-12,16-21,25-30,34,37,40,42-43,45,49,52,65H,4-7,10,13-15,22-24,31-33,35-36,38-39,41,44,46-48,50-51,53-64H2,1-3H3/b11-8-,12-9-,19-16-,20-17-,21-18-,28-25-,29-26-,30-27-,37-34-,43-40-,45-42-,52-49-. The zero-order valence-corrected chi connectivity index (χ0v) is 46.6. The van der Waals surface area contributed by atoms with Crippen molar-refractivity contribution >= 4 is 11.9 Å². The van der Waals surface area contributed by atoms with E-state index in [0.29, 0.717) is 25.9 Å². The van der Waals surface area contributed by atoms with Crippen LogP contribution in [-0.4, -0.2) is 37.9 Å². The lowest BCUT2D eigenvalue weighted by molar-refractivity contribution is -0.162. The predicted molar refractivity (Wildman–Crippen MR) is 315 cm³/mol. The lowest BCUT2D eigenvalue weighted by Crippen LogP contribution is -2.30. The molecule has 0 aromatic carbocycles. The van der Waals surface area contributed by atoms with Gasteiger partial charge in [0, 0.05) is 19.4 Å². The summed E-state index contributed by atoms with van der Waals surface area (Å²) in [6, 6.07) is 0. The Kier molecular flexibility index (Phi) is 57.5. The van der Waals surface area contributed by atoms with Crippen LogP contribution in [0.3, 0.4) is 0 Å². The number of ether oxygens (including phenoxy) is 3. The number of carbonyl (C=O) groups excluding carboxylic acids is 2. The molecule has 0 aliphatic heterocycles. The molecule has 0 saturated heterocycles. The maximum atomic E-state index is 12.9. The fourth-order valence-corrected chi connectivity index (χ4v) is 7.54. The molecule has 406 valence electrons. The number of rotatable bonds is 52. The molecule has 1 unspecified atom stereocenters. The van der Waals surface area contributed by atoms with Gasteiger partial charge in [0.2, 0.25) is 0 Å². The summed E-state index contributed by atoms with van der Waals surface area (Å²) in [5.74, 6) is -0.510. The summed E-state index contributed by atoms with van der Waals surface area (Å²) in [6.07, 6.45) is 88.8. The van der Waals surface area contributed by atoms with Crippen molar-refractivity contribution in [3.63, 3.8) is 0 Å². The zero-order chi connectivity index (χ0) is 52.0. The van der Waals surface area contributed by atoms with Crippen molar-refractivity contribution in [2.24, 2.45) is 0 Å². The van der Waals surface area contributed by atoms with Gasteiger partial charge < -0.3 is 14.2 Å². The second-order valence-electron chi connectivity index (χ2n) is 18.8. The Hall–Kier alpha value is -4.22. The van der Waals surface area contributed by atoms with Crippen molar-refractivity contribution in [1.29, 1.82) is 0 Å². The quantitative estimate of drug-likeness (QED) is 0.0345. The fourth-order valence-electron chi connectivity index (χ4n) is 7.54. The summed E-state index contributed by atoms with van der Waals surface area (Å²) in [4.78, 5) is 25.5. The highest BCUT2D eigenvalue weighted by Crippen LogP contribution is 2.13. The lowest BCUT2D eigenvalue weighted by atomic mass is 10.1. The van der Waals surface area contributed by atoms with E-state index in [4.69, 9.17) is 14.2 Å². The molecular formula is C67H108O5. The third kappa shape index (κ3) is 58.4. The van der Waals surface area contributed by atoms with E-state index < -0.39 is 6.10 Å². The van der Waals surface area contributed by atoms with Gasteiger partial charge in [0.25, 0.3) is 0 Å². The van der Waals surface area contributed by atoms with Crippen molar-refractivity contribution in [3.8, 4) is 0 Å². The van der Waals surface area contributed by atoms with Crippen LogP contribution in [0.25, 0.3) is 0 Å². The molecule has 0 spiro atoms.